The van der Waals surface area contributed by atoms with E-state index >= 15 is 0 Å². The van der Waals surface area contributed by atoms with Gasteiger partial charge in [-0.05, 0) is 0 Å². The molecule has 0 bridgehead atoms. The number of ether oxygens (including phenoxy) is 1. The van der Waals surface area contributed by atoms with Gasteiger partial charge in [0.25, 0.3) is 16.3 Å². The van der Waals surface area contributed by atoms with E-state index in [1.807, 2.05) is 0 Å². The predicted molar refractivity (Wildman–Crippen MR) is 42.8 cm³/mol. The quantitative estimate of drug-likeness (QED) is 0.362. The Labute approximate surface area is 85.3 Å². The molecule has 3 atom stereocenters. The molecule has 0 radical (unpaired) electrons. The second kappa shape index (κ2) is 4.33. The summed E-state index contributed by atoms with van der Waals surface area (Å²) in [4.78, 5) is 0. The smallest absolute Gasteiger partial charge is 0.294 e. The maximum atomic E-state index is 10.2. The molecule has 0 amide bonds. The number of hydrogen-bond acceptors (Lipinski definition) is 8. The first-order valence-electron chi connectivity index (χ1n) is 3.84. The number of aliphatic hydroxyl groups excluding tert-OH is 3. The van der Waals surface area contributed by atoms with Gasteiger partial charge in [-0.1, -0.05) is 0 Å². The first-order valence-corrected chi connectivity index (χ1v) is 5.17. The Kier molecular flexibility index (Phi) is 3.52. The van der Waals surface area contributed by atoms with Crippen molar-refractivity contribution in [2.24, 2.45) is 0 Å². The van der Waals surface area contributed by atoms with Crippen LogP contribution in [0.4, 0.5) is 0 Å². The summed E-state index contributed by atoms with van der Waals surface area (Å²) in [7, 11) is -5.01. The molecule has 0 unspecified atom stereocenters. The second-order valence-electron chi connectivity index (χ2n) is 2.80. The van der Waals surface area contributed by atoms with Gasteiger partial charge in [0.1, 0.15) is 12.2 Å². The largest absolute Gasteiger partial charge is 0.716 e. The van der Waals surface area contributed by atoms with Crippen molar-refractivity contribution in [2.75, 3.05) is 6.61 Å². The summed E-state index contributed by atoms with van der Waals surface area (Å²) < 4.78 is 38.9. The summed E-state index contributed by atoms with van der Waals surface area (Å²) in [5.74, 6) is -0.762. The third-order valence-corrected chi connectivity index (χ3v) is 2.04. The summed E-state index contributed by atoms with van der Waals surface area (Å²) in [5, 5.41) is 27.0. The van der Waals surface area contributed by atoms with Gasteiger partial charge >= 0.3 is 0 Å². The van der Waals surface area contributed by atoms with Crippen LogP contribution in [0.5, 0.6) is 0 Å². The van der Waals surface area contributed by atoms with E-state index in [-0.39, 0.29) is 0 Å². The lowest BCUT2D eigenvalue weighted by molar-refractivity contribution is -0.113. The zero-order valence-electron chi connectivity index (χ0n) is 7.31. The number of rotatable bonds is 3. The highest BCUT2D eigenvalue weighted by atomic mass is 32.3. The molecule has 88 valence electrons. The van der Waals surface area contributed by atoms with Crippen LogP contribution >= 0.6 is 0 Å². The lowest BCUT2D eigenvalue weighted by atomic mass is 10.1. The van der Waals surface area contributed by atoms with Crippen LogP contribution in [0, 0.1) is 0 Å². The van der Waals surface area contributed by atoms with Gasteiger partial charge in [-0.2, -0.15) is 0 Å². The predicted octanol–water partition coefficient (Wildman–Crippen LogP) is -2.58. The first kappa shape index (κ1) is 12.2. The molecule has 0 aromatic rings. The van der Waals surface area contributed by atoms with Crippen LogP contribution in [0.1, 0.15) is 0 Å². The zero-order valence-corrected chi connectivity index (χ0v) is 8.12. The Morgan fingerprint density at radius 3 is 2.60 bits per heavy atom. The fraction of sp³-hybridized carbons (Fsp3) is 0.667. The SMILES string of the molecule is O=S(=O)([O-])OC1=C[C@@H](O)[C@H](O)[C@@H](CO)O1. The van der Waals surface area contributed by atoms with Crippen molar-refractivity contribution >= 4 is 10.4 Å². The number of hydrogen-bond donors (Lipinski definition) is 3. The van der Waals surface area contributed by atoms with Gasteiger partial charge in [0, 0.05) is 6.08 Å². The lowest BCUT2D eigenvalue weighted by Gasteiger charge is -2.30. The molecule has 1 rings (SSSR count). The van der Waals surface area contributed by atoms with E-state index in [0.717, 1.165) is 0 Å². The third-order valence-electron chi connectivity index (χ3n) is 1.67. The Hall–Kier alpha value is -0.870. The van der Waals surface area contributed by atoms with Crippen LogP contribution in [0.3, 0.4) is 0 Å². The molecule has 0 spiro atoms. The molecule has 8 nitrogen and oxygen atoms in total. The molecule has 0 aromatic heterocycles. The van der Waals surface area contributed by atoms with Gasteiger partial charge in [0.05, 0.1) is 6.61 Å². The molecule has 0 fully saturated rings. The van der Waals surface area contributed by atoms with Crippen LogP contribution in [0.2, 0.25) is 0 Å². The van der Waals surface area contributed by atoms with Crippen molar-refractivity contribution in [3.8, 4) is 0 Å². The normalized spacial score (nSPS) is 31.7. The minimum absolute atomic E-state index is 0.669. The topological polar surface area (TPSA) is 136 Å². The summed E-state index contributed by atoms with van der Waals surface area (Å²) in [6.07, 6.45) is -3.43. The van der Waals surface area contributed by atoms with Crippen molar-refractivity contribution < 1.29 is 37.2 Å². The van der Waals surface area contributed by atoms with Crippen molar-refractivity contribution in [1.82, 2.24) is 0 Å². The van der Waals surface area contributed by atoms with Crippen LogP contribution < -0.4 is 0 Å². The summed E-state index contributed by atoms with van der Waals surface area (Å²) >= 11 is 0. The fourth-order valence-corrected chi connectivity index (χ4v) is 1.31. The molecule has 0 aromatic carbocycles. The fourth-order valence-electron chi connectivity index (χ4n) is 1.01. The zero-order chi connectivity index (χ0) is 11.6. The summed E-state index contributed by atoms with van der Waals surface area (Å²) in [6.45, 7) is -0.669. The molecule has 1 aliphatic rings. The Morgan fingerprint density at radius 2 is 2.13 bits per heavy atom. The second-order valence-corrected chi connectivity index (χ2v) is 3.78. The summed E-state index contributed by atoms with van der Waals surface area (Å²) in [6, 6.07) is 0. The van der Waals surface area contributed by atoms with Gasteiger partial charge < -0.3 is 28.8 Å². The highest BCUT2D eigenvalue weighted by molar-refractivity contribution is 7.80. The molecule has 9 heteroatoms. The monoisotopic (exact) mass is 241 g/mol. The van der Waals surface area contributed by atoms with Gasteiger partial charge in [-0.25, -0.2) is 8.42 Å². The Bertz CT molecular complexity index is 346. The van der Waals surface area contributed by atoms with E-state index in [1.165, 1.54) is 0 Å². The van der Waals surface area contributed by atoms with Crippen molar-refractivity contribution in [3.63, 3.8) is 0 Å². The highest BCUT2D eigenvalue weighted by Crippen LogP contribution is 2.19. The molecule has 0 aliphatic carbocycles. The van der Waals surface area contributed by atoms with Gasteiger partial charge in [0.15, 0.2) is 6.10 Å². The molecule has 0 saturated heterocycles. The van der Waals surface area contributed by atoms with Crippen LogP contribution in [-0.2, 0) is 19.3 Å². The molecule has 15 heavy (non-hydrogen) atoms. The van der Waals surface area contributed by atoms with E-state index in [0.29, 0.717) is 6.08 Å². The van der Waals surface area contributed by atoms with Crippen LogP contribution in [0.15, 0.2) is 12.0 Å². The molecular weight excluding hydrogens is 232 g/mol. The Morgan fingerprint density at radius 1 is 1.53 bits per heavy atom. The van der Waals surface area contributed by atoms with Gasteiger partial charge in [0.2, 0.25) is 0 Å². The molecular formula is C6H9O8S-. The third kappa shape index (κ3) is 3.32. The highest BCUT2D eigenvalue weighted by Gasteiger charge is 2.33. The van der Waals surface area contributed by atoms with Crippen LogP contribution in [0.25, 0.3) is 0 Å². The van der Waals surface area contributed by atoms with Crippen molar-refractivity contribution in [2.45, 2.75) is 18.3 Å². The minimum atomic E-state index is -5.01. The summed E-state index contributed by atoms with van der Waals surface area (Å²) in [5.41, 5.74) is 0. The van der Waals surface area contributed by atoms with E-state index < -0.39 is 41.3 Å². The molecule has 1 heterocycles. The average Bonchev–Trinajstić information content (AvgIpc) is 2.08. The molecule has 3 N–H and O–H groups in total. The molecule has 1 aliphatic heterocycles. The van der Waals surface area contributed by atoms with Crippen molar-refractivity contribution in [3.05, 3.63) is 12.0 Å². The molecule has 0 saturated carbocycles. The maximum absolute atomic E-state index is 10.2. The van der Waals surface area contributed by atoms with Crippen molar-refractivity contribution in [1.29, 1.82) is 0 Å². The van der Waals surface area contributed by atoms with Crippen LogP contribution in [-0.4, -0.2) is 53.2 Å². The van der Waals surface area contributed by atoms with E-state index in [1.54, 1.807) is 0 Å². The van der Waals surface area contributed by atoms with E-state index in [9.17, 15) is 18.1 Å². The van der Waals surface area contributed by atoms with Gasteiger partial charge in [-0.3, -0.25) is 0 Å². The standard InChI is InChI=1S/C6H10O8S/c7-2-4-6(9)3(8)1-5(13-4)14-15(10,11)12/h1,3-4,6-9H,2H2,(H,10,11,12)/p-1/t3-,4-,6+/m1/s1. The van der Waals surface area contributed by atoms with E-state index in [4.69, 9.17) is 10.2 Å². The van der Waals surface area contributed by atoms with Gasteiger partial charge in [-0.15, -0.1) is 0 Å². The lowest BCUT2D eigenvalue weighted by Crippen LogP contribution is -2.44. The maximum Gasteiger partial charge on any atom is 0.294 e. The Balaban J connectivity index is 2.80. The number of aliphatic hydroxyl groups is 3. The minimum Gasteiger partial charge on any atom is -0.716 e. The average molecular weight is 241 g/mol. The first-order chi connectivity index (χ1) is 6.83. The van der Waals surface area contributed by atoms with E-state index in [2.05, 4.69) is 8.92 Å².